The Bertz CT molecular complexity index is 928. The SMILES string of the molecule is CCN1CCN(c2nccc(-c3cn(-c4ccc(OC)cc4)nc3C)n2)CC1. The summed E-state index contributed by atoms with van der Waals surface area (Å²) < 4.78 is 7.11. The summed E-state index contributed by atoms with van der Waals surface area (Å²) in [5.74, 6) is 1.63. The van der Waals surface area contributed by atoms with E-state index in [2.05, 4.69) is 26.8 Å². The molecule has 0 radical (unpaired) electrons. The van der Waals surface area contributed by atoms with Gasteiger partial charge in [0.2, 0.25) is 5.95 Å². The van der Waals surface area contributed by atoms with Gasteiger partial charge in [0, 0.05) is 44.1 Å². The molecule has 0 bridgehead atoms. The van der Waals surface area contributed by atoms with Gasteiger partial charge < -0.3 is 14.5 Å². The Morgan fingerprint density at radius 2 is 1.79 bits per heavy atom. The molecule has 0 saturated carbocycles. The van der Waals surface area contributed by atoms with Gasteiger partial charge in [-0.05, 0) is 43.8 Å². The maximum Gasteiger partial charge on any atom is 0.225 e. The van der Waals surface area contributed by atoms with Crippen LogP contribution in [0.15, 0.2) is 42.7 Å². The zero-order chi connectivity index (χ0) is 19.5. The lowest BCUT2D eigenvalue weighted by Gasteiger charge is -2.34. The first kappa shape index (κ1) is 18.4. The molecule has 0 N–H and O–H groups in total. The number of methoxy groups -OCH3 is 1. The number of aromatic nitrogens is 4. The first-order valence-corrected chi connectivity index (χ1v) is 9.69. The summed E-state index contributed by atoms with van der Waals surface area (Å²) in [6.07, 6.45) is 3.87. The molecule has 1 aromatic carbocycles. The summed E-state index contributed by atoms with van der Waals surface area (Å²) in [6.45, 7) is 9.34. The van der Waals surface area contributed by atoms with Gasteiger partial charge in [-0.3, -0.25) is 0 Å². The average molecular weight is 378 g/mol. The molecular formula is C21H26N6O. The van der Waals surface area contributed by atoms with Crippen LogP contribution >= 0.6 is 0 Å². The predicted molar refractivity (Wildman–Crippen MR) is 110 cm³/mol. The van der Waals surface area contributed by atoms with Crippen molar-refractivity contribution in [1.82, 2.24) is 24.6 Å². The second-order valence-electron chi connectivity index (χ2n) is 6.93. The maximum atomic E-state index is 5.23. The van der Waals surface area contributed by atoms with E-state index in [1.54, 1.807) is 7.11 Å². The van der Waals surface area contributed by atoms with Gasteiger partial charge in [0.1, 0.15) is 5.75 Å². The quantitative estimate of drug-likeness (QED) is 0.680. The molecular weight excluding hydrogens is 352 g/mol. The van der Waals surface area contributed by atoms with Crippen LogP contribution in [-0.4, -0.2) is 64.5 Å². The average Bonchev–Trinajstić information content (AvgIpc) is 3.15. The Morgan fingerprint density at radius 1 is 1.04 bits per heavy atom. The third-order valence-corrected chi connectivity index (χ3v) is 5.26. The zero-order valence-electron chi connectivity index (χ0n) is 16.7. The molecule has 0 atom stereocenters. The first-order chi connectivity index (χ1) is 13.7. The van der Waals surface area contributed by atoms with E-state index < -0.39 is 0 Å². The predicted octanol–water partition coefficient (Wildman–Crippen LogP) is 2.79. The van der Waals surface area contributed by atoms with Crippen LogP contribution in [0.25, 0.3) is 16.9 Å². The van der Waals surface area contributed by atoms with Crippen LogP contribution in [0.3, 0.4) is 0 Å². The number of hydrogen-bond donors (Lipinski definition) is 0. The second kappa shape index (κ2) is 7.98. The van der Waals surface area contributed by atoms with Gasteiger partial charge in [0.05, 0.1) is 24.2 Å². The van der Waals surface area contributed by atoms with Crippen LogP contribution in [0.2, 0.25) is 0 Å². The minimum Gasteiger partial charge on any atom is -0.497 e. The highest BCUT2D eigenvalue weighted by molar-refractivity contribution is 5.62. The molecule has 2 aromatic heterocycles. The Morgan fingerprint density at radius 3 is 2.46 bits per heavy atom. The molecule has 28 heavy (non-hydrogen) atoms. The summed E-state index contributed by atoms with van der Waals surface area (Å²) in [4.78, 5) is 14.1. The molecule has 0 amide bonds. The lowest BCUT2D eigenvalue weighted by atomic mass is 10.2. The monoisotopic (exact) mass is 378 g/mol. The van der Waals surface area contributed by atoms with E-state index in [1.807, 2.05) is 54.3 Å². The van der Waals surface area contributed by atoms with Crippen molar-refractivity contribution in [1.29, 1.82) is 0 Å². The molecule has 1 saturated heterocycles. The Kier molecular flexibility index (Phi) is 5.25. The maximum absolute atomic E-state index is 5.23. The minimum atomic E-state index is 0.796. The molecule has 3 heterocycles. The number of nitrogens with zero attached hydrogens (tertiary/aromatic N) is 6. The number of ether oxygens (including phenoxy) is 1. The lowest BCUT2D eigenvalue weighted by Crippen LogP contribution is -2.46. The smallest absolute Gasteiger partial charge is 0.225 e. The summed E-state index contributed by atoms with van der Waals surface area (Å²) in [7, 11) is 1.67. The van der Waals surface area contributed by atoms with Gasteiger partial charge in [0.15, 0.2) is 0 Å². The van der Waals surface area contributed by atoms with Gasteiger partial charge in [-0.1, -0.05) is 6.92 Å². The van der Waals surface area contributed by atoms with Crippen molar-refractivity contribution in [2.24, 2.45) is 0 Å². The van der Waals surface area contributed by atoms with Crippen molar-refractivity contribution >= 4 is 5.95 Å². The number of benzene rings is 1. The molecule has 7 heteroatoms. The van der Waals surface area contributed by atoms with Crippen LogP contribution in [-0.2, 0) is 0 Å². The van der Waals surface area contributed by atoms with Crippen molar-refractivity contribution in [3.8, 4) is 22.7 Å². The first-order valence-electron chi connectivity index (χ1n) is 9.69. The van der Waals surface area contributed by atoms with Gasteiger partial charge >= 0.3 is 0 Å². The van der Waals surface area contributed by atoms with Crippen molar-refractivity contribution in [2.45, 2.75) is 13.8 Å². The van der Waals surface area contributed by atoms with E-state index in [4.69, 9.17) is 9.72 Å². The van der Waals surface area contributed by atoms with Crippen LogP contribution in [0.1, 0.15) is 12.6 Å². The fourth-order valence-corrected chi connectivity index (χ4v) is 3.49. The standard InChI is InChI=1S/C21H26N6O/c1-4-25-11-13-26(14-12-25)21-22-10-9-20(23-21)19-15-27(24-16(19)2)17-5-7-18(28-3)8-6-17/h5-10,15H,4,11-14H2,1-3H3. The molecule has 1 aliphatic heterocycles. The summed E-state index contributed by atoms with van der Waals surface area (Å²) in [6, 6.07) is 9.81. The number of hydrogen-bond acceptors (Lipinski definition) is 6. The molecule has 0 unspecified atom stereocenters. The highest BCUT2D eigenvalue weighted by atomic mass is 16.5. The number of anilines is 1. The number of likely N-dealkylation sites (N-methyl/N-ethyl adjacent to an activating group) is 1. The number of rotatable bonds is 5. The van der Waals surface area contributed by atoms with Gasteiger partial charge in [-0.2, -0.15) is 5.10 Å². The fraction of sp³-hybridized carbons (Fsp3) is 0.381. The largest absolute Gasteiger partial charge is 0.497 e. The van der Waals surface area contributed by atoms with Gasteiger partial charge in [-0.15, -0.1) is 0 Å². The molecule has 146 valence electrons. The molecule has 1 fully saturated rings. The van der Waals surface area contributed by atoms with E-state index in [9.17, 15) is 0 Å². The van der Waals surface area contributed by atoms with Crippen molar-refractivity contribution < 1.29 is 4.74 Å². The van der Waals surface area contributed by atoms with E-state index in [-0.39, 0.29) is 0 Å². The highest BCUT2D eigenvalue weighted by Gasteiger charge is 2.19. The van der Waals surface area contributed by atoms with Gasteiger partial charge in [0.25, 0.3) is 0 Å². The van der Waals surface area contributed by atoms with E-state index in [0.29, 0.717) is 0 Å². The van der Waals surface area contributed by atoms with E-state index in [1.165, 1.54) is 0 Å². The summed E-state index contributed by atoms with van der Waals surface area (Å²) in [5.41, 5.74) is 3.85. The molecule has 4 rings (SSSR count). The number of piperazine rings is 1. The van der Waals surface area contributed by atoms with E-state index >= 15 is 0 Å². The molecule has 7 nitrogen and oxygen atoms in total. The molecule has 0 spiro atoms. The van der Waals surface area contributed by atoms with Gasteiger partial charge in [-0.25, -0.2) is 14.6 Å². The zero-order valence-corrected chi connectivity index (χ0v) is 16.7. The molecule has 0 aliphatic carbocycles. The van der Waals surface area contributed by atoms with E-state index in [0.717, 1.165) is 67.1 Å². The minimum absolute atomic E-state index is 0.796. The summed E-state index contributed by atoms with van der Waals surface area (Å²) in [5, 5.41) is 4.67. The Hall–Kier alpha value is -2.93. The Balaban J connectivity index is 1.58. The van der Waals surface area contributed by atoms with Crippen molar-refractivity contribution in [2.75, 3.05) is 44.7 Å². The molecule has 1 aliphatic rings. The second-order valence-corrected chi connectivity index (χ2v) is 6.93. The van der Waals surface area contributed by atoms with Crippen LogP contribution in [0.5, 0.6) is 5.75 Å². The third kappa shape index (κ3) is 3.71. The normalized spacial score (nSPS) is 15.0. The highest BCUT2D eigenvalue weighted by Crippen LogP contribution is 2.24. The topological polar surface area (TPSA) is 59.3 Å². The van der Waals surface area contributed by atoms with Crippen molar-refractivity contribution in [3.63, 3.8) is 0 Å². The Labute approximate surface area is 165 Å². The van der Waals surface area contributed by atoms with Crippen LogP contribution < -0.4 is 9.64 Å². The van der Waals surface area contributed by atoms with Crippen LogP contribution in [0.4, 0.5) is 5.95 Å². The third-order valence-electron chi connectivity index (χ3n) is 5.26. The van der Waals surface area contributed by atoms with Crippen LogP contribution in [0, 0.1) is 6.92 Å². The number of aryl methyl sites for hydroxylation is 1. The van der Waals surface area contributed by atoms with Crippen molar-refractivity contribution in [3.05, 3.63) is 48.4 Å². The summed E-state index contributed by atoms with van der Waals surface area (Å²) >= 11 is 0. The lowest BCUT2D eigenvalue weighted by molar-refractivity contribution is 0.270. The molecule has 3 aromatic rings. The fourth-order valence-electron chi connectivity index (χ4n) is 3.49.